The summed E-state index contributed by atoms with van der Waals surface area (Å²) in [5.74, 6) is -1.35. The van der Waals surface area contributed by atoms with E-state index in [4.69, 9.17) is 22.4 Å². The Morgan fingerprint density at radius 1 is 1.60 bits per heavy atom. The Balaban J connectivity index is 3.30. The number of carboxylic acids is 1. The van der Waals surface area contributed by atoms with Gasteiger partial charge in [0, 0.05) is 11.1 Å². The Morgan fingerprint density at radius 2 is 2.20 bits per heavy atom. The van der Waals surface area contributed by atoms with Crippen LogP contribution in [0.4, 0.5) is 5.69 Å². The van der Waals surface area contributed by atoms with E-state index in [-0.39, 0.29) is 16.3 Å². The van der Waals surface area contributed by atoms with Crippen molar-refractivity contribution < 1.29 is 14.8 Å². The van der Waals surface area contributed by atoms with Crippen molar-refractivity contribution in [3.63, 3.8) is 0 Å². The van der Waals surface area contributed by atoms with Crippen molar-refractivity contribution in [2.45, 2.75) is 6.04 Å². The SMILES string of the molecule is N[C@H](C(=O)O)c1cc(Cl)ccc1[N+](=O)[O-]. The van der Waals surface area contributed by atoms with Gasteiger partial charge >= 0.3 is 5.97 Å². The quantitative estimate of drug-likeness (QED) is 0.602. The van der Waals surface area contributed by atoms with E-state index < -0.39 is 16.9 Å². The first kappa shape index (κ1) is 11.4. The van der Waals surface area contributed by atoms with Crippen LogP contribution in [0.5, 0.6) is 0 Å². The van der Waals surface area contributed by atoms with Crippen molar-refractivity contribution in [3.05, 3.63) is 38.9 Å². The maximum Gasteiger partial charge on any atom is 0.325 e. The molecular weight excluding hydrogens is 224 g/mol. The van der Waals surface area contributed by atoms with Gasteiger partial charge in [-0.05, 0) is 12.1 Å². The van der Waals surface area contributed by atoms with E-state index in [1.165, 1.54) is 12.1 Å². The molecule has 3 N–H and O–H groups in total. The number of hydrogen-bond donors (Lipinski definition) is 2. The molecule has 0 bridgehead atoms. The predicted molar refractivity (Wildman–Crippen MR) is 52.7 cm³/mol. The van der Waals surface area contributed by atoms with Crippen LogP contribution in [-0.4, -0.2) is 16.0 Å². The van der Waals surface area contributed by atoms with Gasteiger partial charge in [-0.3, -0.25) is 14.9 Å². The Kier molecular flexibility index (Phi) is 3.23. The fraction of sp³-hybridized carbons (Fsp3) is 0.125. The molecule has 0 heterocycles. The number of hydrogen-bond acceptors (Lipinski definition) is 4. The summed E-state index contributed by atoms with van der Waals surface area (Å²) in [5, 5.41) is 19.4. The molecule has 80 valence electrons. The van der Waals surface area contributed by atoms with Crippen molar-refractivity contribution in [1.29, 1.82) is 0 Å². The number of carbonyl (C=O) groups is 1. The van der Waals surface area contributed by atoms with Crippen LogP contribution in [0.2, 0.25) is 5.02 Å². The lowest BCUT2D eigenvalue weighted by molar-refractivity contribution is -0.385. The smallest absolute Gasteiger partial charge is 0.325 e. The van der Waals surface area contributed by atoms with Crippen molar-refractivity contribution in [2.75, 3.05) is 0 Å². The third-order valence-electron chi connectivity index (χ3n) is 1.79. The first-order valence-electron chi connectivity index (χ1n) is 3.85. The van der Waals surface area contributed by atoms with Crippen molar-refractivity contribution in [1.82, 2.24) is 0 Å². The highest BCUT2D eigenvalue weighted by Gasteiger charge is 2.24. The third kappa shape index (κ3) is 2.42. The van der Waals surface area contributed by atoms with Gasteiger partial charge in [0.15, 0.2) is 0 Å². The number of rotatable bonds is 3. The normalized spacial score (nSPS) is 12.1. The summed E-state index contributed by atoms with van der Waals surface area (Å²) in [5.41, 5.74) is 4.82. The largest absolute Gasteiger partial charge is 0.480 e. The van der Waals surface area contributed by atoms with Crippen LogP contribution < -0.4 is 5.73 Å². The molecule has 0 aliphatic heterocycles. The molecular formula is C8H7ClN2O4. The molecule has 0 aliphatic rings. The molecule has 0 amide bonds. The van der Waals surface area contributed by atoms with Gasteiger partial charge in [-0.1, -0.05) is 11.6 Å². The molecule has 0 saturated carbocycles. The van der Waals surface area contributed by atoms with Gasteiger partial charge in [0.1, 0.15) is 6.04 Å². The summed E-state index contributed by atoms with van der Waals surface area (Å²) in [6.07, 6.45) is 0. The summed E-state index contributed by atoms with van der Waals surface area (Å²) < 4.78 is 0. The third-order valence-corrected chi connectivity index (χ3v) is 2.02. The molecule has 1 atom stereocenters. The zero-order chi connectivity index (χ0) is 11.6. The Bertz CT molecular complexity index is 421. The molecule has 6 nitrogen and oxygen atoms in total. The molecule has 15 heavy (non-hydrogen) atoms. The number of carboxylic acid groups (broad SMARTS) is 1. The average molecular weight is 231 g/mol. The zero-order valence-electron chi connectivity index (χ0n) is 7.38. The van der Waals surface area contributed by atoms with E-state index in [2.05, 4.69) is 0 Å². The van der Waals surface area contributed by atoms with Gasteiger partial charge in [0.2, 0.25) is 0 Å². The van der Waals surface area contributed by atoms with Gasteiger partial charge in [-0.2, -0.15) is 0 Å². The topological polar surface area (TPSA) is 106 Å². The molecule has 0 saturated heterocycles. The minimum atomic E-state index is -1.45. The lowest BCUT2D eigenvalue weighted by atomic mass is 10.1. The van der Waals surface area contributed by atoms with Crippen LogP contribution in [0.3, 0.4) is 0 Å². The van der Waals surface area contributed by atoms with E-state index in [1.54, 1.807) is 0 Å². The number of nitro groups is 1. The number of nitrogens with two attached hydrogens (primary N) is 1. The predicted octanol–water partition coefficient (Wildman–Crippen LogP) is 1.33. The lowest BCUT2D eigenvalue weighted by Gasteiger charge is -2.07. The molecule has 0 unspecified atom stereocenters. The van der Waals surface area contributed by atoms with E-state index in [0.29, 0.717) is 0 Å². The van der Waals surface area contributed by atoms with Crippen LogP contribution in [0.15, 0.2) is 18.2 Å². The van der Waals surface area contributed by atoms with Gasteiger partial charge in [0.05, 0.1) is 10.5 Å². The van der Waals surface area contributed by atoms with E-state index >= 15 is 0 Å². The first-order valence-corrected chi connectivity index (χ1v) is 4.23. The van der Waals surface area contributed by atoms with Crippen LogP contribution >= 0.6 is 11.6 Å². The molecule has 0 aliphatic carbocycles. The van der Waals surface area contributed by atoms with Crippen LogP contribution in [0.25, 0.3) is 0 Å². The van der Waals surface area contributed by atoms with Crippen LogP contribution in [0.1, 0.15) is 11.6 Å². The second-order valence-electron chi connectivity index (χ2n) is 2.78. The Morgan fingerprint density at radius 3 is 2.67 bits per heavy atom. The monoisotopic (exact) mass is 230 g/mol. The number of benzene rings is 1. The van der Waals surface area contributed by atoms with Gasteiger partial charge < -0.3 is 10.8 Å². The highest BCUT2D eigenvalue weighted by molar-refractivity contribution is 6.30. The second kappa shape index (κ2) is 4.24. The minimum absolute atomic E-state index is 0.111. The minimum Gasteiger partial charge on any atom is -0.480 e. The van der Waals surface area contributed by atoms with Crippen LogP contribution in [-0.2, 0) is 4.79 Å². The summed E-state index contributed by atoms with van der Waals surface area (Å²) in [6.45, 7) is 0. The van der Waals surface area contributed by atoms with Crippen molar-refractivity contribution in [2.24, 2.45) is 5.73 Å². The molecule has 0 aromatic heterocycles. The molecule has 0 radical (unpaired) electrons. The fourth-order valence-corrected chi connectivity index (χ4v) is 1.25. The standard InChI is InChI=1S/C8H7ClN2O4/c9-4-1-2-6(11(14)15)5(3-4)7(10)8(12)13/h1-3,7H,10H2,(H,12,13)/t7-/m0/s1. The number of aliphatic carboxylic acids is 1. The summed E-state index contributed by atoms with van der Waals surface area (Å²) in [7, 11) is 0. The summed E-state index contributed by atoms with van der Waals surface area (Å²) in [6, 6.07) is 2.15. The molecule has 0 fully saturated rings. The van der Waals surface area contributed by atoms with E-state index in [1.807, 2.05) is 0 Å². The lowest BCUT2D eigenvalue weighted by Crippen LogP contribution is -2.21. The molecule has 1 rings (SSSR count). The highest BCUT2D eigenvalue weighted by Crippen LogP contribution is 2.27. The van der Waals surface area contributed by atoms with Gasteiger partial charge in [-0.15, -0.1) is 0 Å². The maximum absolute atomic E-state index is 10.6. The van der Waals surface area contributed by atoms with Gasteiger partial charge in [-0.25, -0.2) is 0 Å². The fourth-order valence-electron chi connectivity index (χ4n) is 1.07. The average Bonchev–Trinajstić information content (AvgIpc) is 2.15. The van der Waals surface area contributed by atoms with E-state index in [0.717, 1.165) is 6.07 Å². The zero-order valence-corrected chi connectivity index (χ0v) is 8.14. The first-order chi connectivity index (χ1) is 6.93. The Hall–Kier alpha value is -1.66. The number of halogens is 1. The van der Waals surface area contributed by atoms with E-state index in [9.17, 15) is 14.9 Å². The highest BCUT2D eigenvalue weighted by atomic mass is 35.5. The molecule has 1 aromatic carbocycles. The number of nitrogens with zero attached hydrogens (tertiary/aromatic N) is 1. The molecule has 0 spiro atoms. The number of nitro benzene ring substituents is 1. The summed E-state index contributed by atoms with van der Waals surface area (Å²) in [4.78, 5) is 20.5. The molecule has 7 heteroatoms. The second-order valence-corrected chi connectivity index (χ2v) is 3.21. The Labute approximate surface area is 89.4 Å². The maximum atomic E-state index is 10.6. The van der Waals surface area contributed by atoms with Gasteiger partial charge in [0.25, 0.3) is 5.69 Å². The van der Waals surface area contributed by atoms with Crippen LogP contribution in [0, 0.1) is 10.1 Å². The molecule has 1 aromatic rings. The van der Waals surface area contributed by atoms with Crippen molar-refractivity contribution in [3.8, 4) is 0 Å². The summed E-state index contributed by atoms with van der Waals surface area (Å²) >= 11 is 5.60. The van der Waals surface area contributed by atoms with Crippen molar-refractivity contribution >= 4 is 23.3 Å².